The van der Waals surface area contributed by atoms with Crippen LogP contribution < -0.4 is 14.8 Å². The number of rotatable bonds is 8. The van der Waals surface area contributed by atoms with Gasteiger partial charge < -0.3 is 14.8 Å². The highest BCUT2D eigenvalue weighted by Gasteiger charge is 2.17. The lowest BCUT2D eigenvalue weighted by Crippen LogP contribution is -2.38. The van der Waals surface area contributed by atoms with Gasteiger partial charge in [0.05, 0.1) is 7.11 Å². The molecule has 4 nitrogen and oxygen atoms in total. The molecule has 1 N–H and O–H groups in total. The smallest absolute Gasteiger partial charge is 0.261 e. The molecule has 128 valence electrons. The van der Waals surface area contributed by atoms with E-state index in [4.69, 9.17) is 9.47 Å². The molecule has 0 saturated heterocycles. The lowest BCUT2D eigenvalue weighted by Gasteiger charge is -2.17. The zero-order chi connectivity index (χ0) is 17.4. The quantitative estimate of drug-likeness (QED) is 0.807. The molecule has 0 saturated carbocycles. The summed E-state index contributed by atoms with van der Waals surface area (Å²) in [5, 5.41) is 2.86. The molecule has 1 atom stereocenters. The van der Waals surface area contributed by atoms with E-state index >= 15 is 0 Å². The van der Waals surface area contributed by atoms with Gasteiger partial charge in [0.1, 0.15) is 17.3 Å². The number of carbonyl (C=O) groups is 1. The fourth-order valence-electron chi connectivity index (χ4n) is 2.24. The number of amides is 1. The van der Waals surface area contributed by atoms with Crippen molar-refractivity contribution in [2.24, 2.45) is 0 Å². The molecule has 2 aromatic rings. The molecule has 0 bridgehead atoms. The first-order chi connectivity index (χ1) is 11.6. The summed E-state index contributed by atoms with van der Waals surface area (Å²) in [5.74, 6) is 0.938. The highest BCUT2D eigenvalue weighted by Crippen LogP contribution is 2.19. The summed E-state index contributed by atoms with van der Waals surface area (Å²) < 4.78 is 23.7. The average Bonchev–Trinajstić information content (AvgIpc) is 2.61. The summed E-state index contributed by atoms with van der Waals surface area (Å²) >= 11 is 0. The Bertz CT molecular complexity index is 641. The third kappa shape index (κ3) is 5.26. The largest absolute Gasteiger partial charge is 0.497 e. The van der Waals surface area contributed by atoms with E-state index in [1.165, 1.54) is 12.1 Å². The molecule has 0 aliphatic heterocycles. The number of nitrogens with one attached hydrogen (secondary N) is 1. The van der Waals surface area contributed by atoms with Gasteiger partial charge in [0.15, 0.2) is 6.10 Å². The van der Waals surface area contributed by atoms with Gasteiger partial charge in [-0.3, -0.25) is 4.79 Å². The molecule has 0 aromatic heterocycles. The van der Waals surface area contributed by atoms with Crippen LogP contribution in [0.1, 0.15) is 18.9 Å². The molecular weight excluding hydrogens is 309 g/mol. The van der Waals surface area contributed by atoms with Crippen molar-refractivity contribution in [2.45, 2.75) is 25.9 Å². The topological polar surface area (TPSA) is 47.6 Å². The molecule has 1 amide bonds. The summed E-state index contributed by atoms with van der Waals surface area (Å²) in [5.41, 5.74) is 0.973. The monoisotopic (exact) mass is 331 g/mol. The lowest BCUT2D eigenvalue weighted by atomic mass is 10.1. The van der Waals surface area contributed by atoms with Crippen LogP contribution in [-0.2, 0) is 11.2 Å². The number of carbonyl (C=O) groups excluding carboxylic acids is 1. The van der Waals surface area contributed by atoms with Crippen LogP contribution in [0.25, 0.3) is 0 Å². The maximum atomic E-state index is 12.8. The van der Waals surface area contributed by atoms with Crippen molar-refractivity contribution in [3.63, 3.8) is 0 Å². The number of methoxy groups -OCH3 is 1. The summed E-state index contributed by atoms with van der Waals surface area (Å²) in [7, 11) is 1.60. The van der Waals surface area contributed by atoms with Gasteiger partial charge in [-0.05, 0) is 54.8 Å². The number of hydrogen-bond acceptors (Lipinski definition) is 3. The normalized spacial score (nSPS) is 11.6. The zero-order valence-corrected chi connectivity index (χ0v) is 13.9. The van der Waals surface area contributed by atoms with Crippen molar-refractivity contribution in [3.05, 3.63) is 59.9 Å². The van der Waals surface area contributed by atoms with Gasteiger partial charge in [0.25, 0.3) is 5.91 Å². The molecule has 0 aliphatic rings. The van der Waals surface area contributed by atoms with Gasteiger partial charge in [0.2, 0.25) is 0 Å². The molecule has 1 unspecified atom stereocenters. The standard InChI is InChI=1S/C19H22FNO3/c1-3-18(24-17-10-8-16(23-2)9-11-17)19(22)21-13-12-14-4-6-15(20)7-5-14/h4-11,18H,3,12-13H2,1-2H3,(H,21,22). The van der Waals surface area contributed by atoms with E-state index in [0.29, 0.717) is 25.1 Å². The molecule has 0 fully saturated rings. The second kappa shape index (κ2) is 8.91. The van der Waals surface area contributed by atoms with Crippen LogP contribution in [0.3, 0.4) is 0 Å². The van der Waals surface area contributed by atoms with Crippen molar-refractivity contribution >= 4 is 5.91 Å². The Kier molecular flexibility index (Phi) is 6.61. The molecule has 0 radical (unpaired) electrons. The van der Waals surface area contributed by atoms with Gasteiger partial charge in [-0.25, -0.2) is 4.39 Å². The van der Waals surface area contributed by atoms with Crippen molar-refractivity contribution in [1.82, 2.24) is 5.32 Å². The highest BCUT2D eigenvalue weighted by atomic mass is 19.1. The molecule has 2 rings (SSSR count). The van der Waals surface area contributed by atoms with E-state index in [9.17, 15) is 9.18 Å². The fraction of sp³-hybridized carbons (Fsp3) is 0.316. The Morgan fingerprint density at radius 2 is 1.71 bits per heavy atom. The van der Waals surface area contributed by atoms with Gasteiger partial charge >= 0.3 is 0 Å². The van der Waals surface area contributed by atoms with E-state index in [0.717, 1.165) is 11.3 Å². The third-order valence-electron chi connectivity index (χ3n) is 3.63. The molecule has 2 aromatic carbocycles. The first kappa shape index (κ1) is 17.8. The number of halogens is 1. The summed E-state index contributed by atoms with van der Waals surface area (Å²) in [4.78, 5) is 12.2. The second-order valence-electron chi connectivity index (χ2n) is 5.36. The first-order valence-electron chi connectivity index (χ1n) is 7.95. The van der Waals surface area contributed by atoms with Gasteiger partial charge in [-0.15, -0.1) is 0 Å². The lowest BCUT2D eigenvalue weighted by molar-refractivity contribution is -0.128. The summed E-state index contributed by atoms with van der Waals surface area (Å²) in [6, 6.07) is 13.4. The Morgan fingerprint density at radius 3 is 2.29 bits per heavy atom. The first-order valence-corrected chi connectivity index (χ1v) is 7.95. The maximum Gasteiger partial charge on any atom is 0.261 e. The van der Waals surface area contributed by atoms with E-state index in [1.54, 1.807) is 43.5 Å². The average molecular weight is 331 g/mol. The highest BCUT2D eigenvalue weighted by molar-refractivity contribution is 5.81. The molecule has 0 heterocycles. The van der Waals surface area contributed by atoms with Gasteiger partial charge in [-0.2, -0.15) is 0 Å². The molecule has 5 heteroatoms. The van der Waals surface area contributed by atoms with E-state index in [-0.39, 0.29) is 11.7 Å². The minimum atomic E-state index is -0.549. The van der Waals surface area contributed by atoms with Crippen LogP contribution in [-0.4, -0.2) is 25.7 Å². The predicted octanol–water partition coefficient (Wildman–Crippen LogP) is 3.35. The van der Waals surface area contributed by atoms with Crippen LogP contribution >= 0.6 is 0 Å². The van der Waals surface area contributed by atoms with E-state index in [1.807, 2.05) is 6.92 Å². The van der Waals surface area contributed by atoms with Crippen molar-refractivity contribution < 1.29 is 18.7 Å². The third-order valence-corrected chi connectivity index (χ3v) is 3.63. The van der Waals surface area contributed by atoms with Crippen LogP contribution in [0, 0.1) is 5.82 Å². The second-order valence-corrected chi connectivity index (χ2v) is 5.36. The summed E-state index contributed by atoms with van der Waals surface area (Å²) in [6.07, 6.45) is 0.658. The molecular formula is C19H22FNO3. The fourth-order valence-corrected chi connectivity index (χ4v) is 2.24. The van der Waals surface area contributed by atoms with E-state index < -0.39 is 6.10 Å². The number of benzene rings is 2. The predicted molar refractivity (Wildman–Crippen MR) is 90.8 cm³/mol. The van der Waals surface area contributed by atoms with Crippen molar-refractivity contribution in [1.29, 1.82) is 0 Å². The number of hydrogen-bond donors (Lipinski definition) is 1. The van der Waals surface area contributed by atoms with Crippen molar-refractivity contribution in [2.75, 3.05) is 13.7 Å². The maximum absolute atomic E-state index is 12.8. The SMILES string of the molecule is CCC(Oc1ccc(OC)cc1)C(=O)NCCc1ccc(F)cc1. The molecule has 24 heavy (non-hydrogen) atoms. The Morgan fingerprint density at radius 1 is 1.08 bits per heavy atom. The van der Waals surface area contributed by atoms with Crippen molar-refractivity contribution in [3.8, 4) is 11.5 Å². The van der Waals surface area contributed by atoms with Crippen LogP contribution in [0.5, 0.6) is 11.5 Å². The van der Waals surface area contributed by atoms with E-state index in [2.05, 4.69) is 5.32 Å². The molecule has 0 spiro atoms. The Balaban J connectivity index is 1.82. The zero-order valence-electron chi connectivity index (χ0n) is 13.9. The van der Waals surface area contributed by atoms with Crippen LogP contribution in [0.15, 0.2) is 48.5 Å². The minimum Gasteiger partial charge on any atom is -0.497 e. The van der Waals surface area contributed by atoms with Gasteiger partial charge in [-0.1, -0.05) is 19.1 Å². The minimum absolute atomic E-state index is 0.157. The van der Waals surface area contributed by atoms with Crippen LogP contribution in [0.2, 0.25) is 0 Å². The summed E-state index contributed by atoms with van der Waals surface area (Å²) in [6.45, 7) is 2.38. The van der Waals surface area contributed by atoms with Gasteiger partial charge in [0, 0.05) is 6.54 Å². The number of ether oxygens (including phenoxy) is 2. The Hall–Kier alpha value is -2.56. The Labute approximate surface area is 141 Å². The molecule has 0 aliphatic carbocycles. The van der Waals surface area contributed by atoms with Crippen LogP contribution in [0.4, 0.5) is 4.39 Å².